The summed E-state index contributed by atoms with van der Waals surface area (Å²) in [5.41, 5.74) is 5.36. The Hall–Kier alpha value is -2.17. The number of oxazole rings is 1. The molecule has 1 saturated heterocycles. The van der Waals surface area contributed by atoms with Gasteiger partial charge in [-0.15, -0.1) is 0 Å². The lowest BCUT2D eigenvalue weighted by atomic mass is 10.1. The first kappa shape index (κ1) is 15.4. The van der Waals surface area contributed by atoms with Crippen LogP contribution in [-0.2, 0) is 6.54 Å². The topological polar surface area (TPSA) is 41.3 Å². The lowest BCUT2D eigenvalue weighted by Gasteiger charge is -2.19. The molecule has 1 aliphatic heterocycles. The van der Waals surface area contributed by atoms with Gasteiger partial charge in [-0.25, -0.2) is 4.98 Å². The molecule has 3 aromatic rings. The van der Waals surface area contributed by atoms with Crippen molar-refractivity contribution >= 4 is 11.1 Å². The third-order valence-electron chi connectivity index (χ3n) is 4.59. The van der Waals surface area contributed by atoms with E-state index in [1.807, 2.05) is 6.07 Å². The van der Waals surface area contributed by atoms with Crippen LogP contribution in [0.2, 0.25) is 0 Å². The first-order valence-corrected chi connectivity index (χ1v) is 8.67. The fourth-order valence-electron chi connectivity index (χ4n) is 3.21. The Labute approximate surface area is 142 Å². The third-order valence-corrected chi connectivity index (χ3v) is 4.59. The summed E-state index contributed by atoms with van der Waals surface area (Å²) in [6.45, 7) is 7.51. The molecule has 0 radical (unpaired) electrons. The minimum atomic E-state index is 0.695. The van der Waals surface area contributed by atoms with Crippen molar-refractivity contribution in [1.82, 2.24) is 15.2 Å². The highest BCUT2D eigenvalue weighted by atomic mass is 16.3. The Morgan fingerprint density at radius 3 is 2.83 bits per heavy atom. The summed E-state index contributed by atoms with van der Waals surface area (Å²) in [6, 6.07) is 14.7. The third kappa shape index (κ3) is 3.35. The zero-order valence-corrected chi connectivity index (χ0v) is 14.1. The second-order valence-electron chi connectivity index (χ2n) is 6.57. The Kier molecular flexibility index (Phi) is 4.32. The van der Waals surface area contributed by atoms with Crippen LogP contribution in [-0.4, -0.2) is 36.1 Å². The molecule has 24 heavy (non-hydrogen) atoms. The van der Waals surface area contributed by atoms with E-state index >= 15 is 0 Å². The molecule has 4 heteroatoms. The molecular formula is C20H23N3O. The smallest absolute Gasteiger partial charge is 0.227 e. The number of aryl methyl sites for hydroxylation is 1. The van der Waals surface area contributed by atoms with Gasteiger partial charge in [0.05, 0.1) is 0 Å². The van der Waals surface area contributed by atoms with E-state index in [1.165, 1.54) is 17.5 Å². The van der Waals surface area contributed by atoms with Gasteiger partial charge in [0, 0.05) is 25.2 Å². The van der Waals surface area contributed by atoms with Crippen LogP contribution in [0.3, 0.4) is 0 Å². The highest BCUT2D eigenvalue weighted by Crippen LogP contribution is 2.25. The average molecular weight is 321 g/mol. The van der Waals surface area contributed by atoms with Crippen LogP contribution < -0.4 is 5.32 Å². The van der Waals surface area contributed by atoms with Gasteiger partial charge in [-0.05, 0) is 56.3 Å². The average Bonchev–Trinajstić information content (AvgIpc) is 2.84. The van der Waals surface area contributed by atoms with Crippen LogP contribution in [0.4, 0.5) is 0 Å². The van der Waals surface area contributed by atoms with Crippen molar-refractivity contribution in [1.29, 1.82) is 0 Å². The predicted molar refractivity (Wildman–Crippen MR) is 96.9 cm³/mol. The number of hydrogen-bond acceptors (Lipinski definition) is 4. The van der Waals surface area contributed by atoms with E-state index in [2.05, 4.69) is 58.5 Å². The molecule has 0 amide bonds. The molecule has 1 fully saturated rings. The summed E-state index contributed by atoms with van der Waals surface area (Å²) >= 11 is 0. The lowest BCUT2D eigenvalue weighted by molar-refractivity contribution is 0.284. The fourth-order valence-corrected chi connectivity index (χ4v) is 3.21. The van der Waals surface area contributed by atoms with Gasteiger partial charge in [0.1, 0.15) is 5.52 Å². The van der Waals surface area contributed by atoms with Crippen molar-refractivity contribution in [3.05, 3.63) is 53.6 Å². The van der Waals surface area contributed by atoms with Crippen molar-refractivity contribution in [3.63, 3.8) is 0 Å². The maximum atomic E-state index is 5.92. The van der Waals surface area contributed by atoms with Crippen LogP contribution in [0.1, 0.15) is 17.5 Å². The molecule has 0 saturated carbocycles. The van der Waals surface area contributed by atoms with E-state index in [-0.39, 0.29) is 0 Å². The van der Waals surface area contributed by atoms with Gasteiger partial charge in [0.2, 0.25) is 5.89 Å². The first-order chi connectivity index (χ1) is 11.8. The van der Waals surface area contributed by atoms with Gasteiger partial charge in [-0.2, -0.15) is 0 Å². The van der Waals surface area contributed by atoms with E-state index in [0.717, 1.165) is 49.4 Å². The zero-order chi connectivity index (χ0) is 16.4. The number of nitrogens with one attached hydrogen (secondary N) is 1. The van der Waals surface area contributed by atoms with Crippen LogP contribution in [0.25, 0.3) is 22.6 Å². The summed E-state index contributed by atoms with van der Waals surface area (Å²) < 4.78 is 5.92. The van der Waals surface area contributed by atoms with Gasteiger partial charge in [0.25, 0.3) is 0 Å². The summed E-state index contributed by atoms with van der Waals surface area (Å²) in [7, 11) is 0. The van der Waals surface area contributed by atoms with Gasteiger partial charge in [-0.1, -0.05) is 23.8 Å². The Morgan fingerprint density at radius 2 is 1.96 bits per heavy atom. The Balaban J connectivity index is 1.57. The van der Waals surface area contributed by atoms with Crippen LogP contribution >= 0.6 is 0 Å². The van der Waals surface area contributed by atoms with Crippen LogP contribution in [0, 0.1) is 6.92 Å². The SMILES string of the molecule is Cc1ccc(-c2nc3cc(CN4CCCNCC4)ccc3o2)cc1. The molecule has 2 aromatic carbocycles. The molecule has 0 atom stereocenters. The van der Waals surface area contributed by atoms with Crippen molar-refractivity contribution < 1.29 is 4.42 Å². The van der Waals surface area contributed by atoms with Gasteiger partial charge < -0.3 is 9.73 Å². The summed E-state index contributed by atoms with van der Waals surface area (Å²) in [5, 5.41) is 3.45. The number of fused-ring (bicyclic) bond motifs is 1. The maximum Gasteiger partial charge on any atom is 0.227 e. The molecular weight excluding hydrogens is 298 g/mol. The summed E-state index contributed by atoms with van der Waals surface area (Å²) in [4.78, 5) is 7.19. The zero-order valence-electron chi connectivity index (χ0n) is 14.1. The minimum absolute atomic E-state index is 0.695. The van der Waals surface area contributed by atoms with Gasteiger partial charge in [0.15, 0.2) is 5.58 Å². The number of hydrogen-bond donors (Lipinski definition) is 1. The van der Waals surface area contributed by atoms with Crippen molar-refractivity contribution in [3.8, 4) is 11.5 Å². The molecule has 4 rings (SSSR count). The molecule has 1 N–H and O–H groups in total. The van der Waals surface area contributed by atoms with Crippen molar-refractivity contribution in [2.75, 3.05) is 26.2 Å². The molecule has 1 aromatic heterocycles. The normalized spacial score (nSPS) is 16.4. The lowest BCUT2D eigenvalue weighted by Crippen LogP contribution is -2.27. The minimum Gasteiger partial charge on any atom is -0.436 e. The van der Waals surface area contributed by atoms with Gasteiger partial charge in [-0.3, -0.25) is 4.90 Å². The van der Waals surface area contributed by atoms with E-state index in [4.69, 9.17) is 4.42 Å². The van der Waals surface area contributed by atoms with E-state index < -0.39 is 0 Å². The standard InChI is InChI=1S/C20H23N3O/c1-15-3-6-17(7-4-15)20-22-18-13-16(5-8-19(18)24-20)14-23-11-2-9-21-10-12-23/h3-8,13,21H,2,9-12,14H2,1H3. The first-order valence-electron chi connectivity index (χ1n) is 8.67. The molecule has 4 nitrogen and oxygen atoms in total. The van der Waals surface area contributed by atoms with Gasteiger partial charge >= 0.3 is 0 Å². The van der Waals surface area contributed by atoms with E-state index in [1.54, 1.807) is 0 Å². The fraction of sp³-hybridized carbons (Fsp3) is 0.350. The molecule has 0 aliphatic carbocycles. The van der Waals surface area contributed by atoms with Crippen molar-refractivity contribution in [2.24, 2.45) is 0 Å². The quantitative estimate of drug-likeness (QED) is 0.800. The highest BCUT2D eigenvalue weighted by molar-refractivity contribution is 5.76. The number of rotatable bonds is 3. The number of aromatic nitrogens is 1. The second kappa shape index (κ2) is 6.75. The second-order valence-corrected chi connectivity index (χ2v) is 6.57. The van der Waals surface area contributed by atoms with E-state index in [0.29, 0.717) is 5.89 Å². The van der Waals surface area contributed by atoms with Crippen LogP contribution in [0.5, 0.6) is 0 Å². The molecule has 0 spiro atoms. The molecule has 1 aliphatic rings. The molecule has 2 heterocycles. The predicted octanol–water partition coefficient (Wildman–Crippen LogP) is 3.60. The largest absolute Gasteiger partial charge is 0.436 e. The van der Waals surface area contributed by atoms with Crippen LogP contribution in [0.15, 0.2) is 46.9 Å². The summed E-state index contributed by atoms with van der Waals surface area (Å²) in [6.07, 6.45) is 1.21. The summed E-state index contributed by atoms with van der Waals surface area (Å²) in [5.74, 6) is 0.695. The maximum absolute atomic E-state index is 5.92. The van der Waals surface area contributed by atoms with E-state index in [9.17, 15) is 0 Å². The molecule has 0 bridgehead atoms. The van der Waals surface area contributed by atoms with Crippen molar-refractivity contribution in [2.45, 2.75) is 19.9 Å². The Morgan fingerprint density at radius 1 is 1.08 bits per heavy atom. The Bertz CT molecular complexity index is 815. The molecule has 124 valence electrons. The monoisotopic (exact) mass is 321 g/mol. The number of nitrogens with zero attached hydrogens (tertiary/aromatic N) is 2. The number of benzene rings is 2. The molecule has 0 unspecified atom stereocenters. The highest BCUT2D eigenvalue weighted by Gasteiger charge is 2.12.